The van der Waals surface area contributed by atoms with Crippen LogP contribution in [0.2, 0.25) is 0 Å². The van der Waals surface area contributed by atoms with Gasteiger partial charge < -0.3 is 15.2 Å². The molecule has 0 unspecified atom stereocenters. The molecular weight excluding hydrogens is 306 g/mol. The lowest BCUT2D eigenvalue weighted by Gasteiger charge is -2.10. The van der Waals surface area contributed by atoms with Crippen LogP contribution in [0.5, 0.6) is 5.75 Å². The monoisotopic (exact) mass is 325 g/mol. The van der Waals surface area contributed by atoms with Gasteiger partial charge in [0.15, 0.2) is 5.78 Å². The van der Waals surface area contributed by atoms with Gasteiger partial charge >= 0.3 is 5.97 Å². The van der Waals surface area contributed by atoms with Crippen LogP contribution in [-0.2, 0) is 16.0 Å². The molecule has 0 saturated carbocycles. The molecular formula is C15H19NO5S. The van der Waals surface area contributed by atoms with E-state index in [9.17, 15) is 14.4 Å². The average molecular weight is 325 g/mol. The van der Waals surface area contributed by atoms with E-state index in [4.69, 9.17) is 9.84 Å². The molecule has 0 spiro atoms. The molecule has 22 heavy (non-hydrogen) atoms. The van der Waals surface area contributed by atoms with Gasteiger partial charge in [0.1, 0.15) is 5.75 Å². The second-order valence-corrected chi connectivity index (χ2v) is 5.66. The second-order valence-electron chi connectivity index (χ2n) is 4.56. The van der Waals surface area contributed by atoms with Crippen LogP contribution >= 0.6 is 11.8 Å². The molecule has 1 rings (SSSR count). The largest absolute Gasteiger partial charge is 0.496 e. The maximum atomic E-state index is 11.9. The van der Waals surface area contributed by atoms with Crippen LogP contribution in [0.15, 0.2) is 18.2 Å². The number of nitrogens with one attached hydrogen (secondary N) is 1. The normalized spacial score (nSPS) is 10.1. The van der Waals surface area contributed by atoms with Crippen molar-refractivity contribution in [3.05, 3.63) is 29.3 Å². The molecule has 0 bridgehead atoms. The van der Waals surface area contributed by atoms with E-state index in [-0.39, 0.29) is 23.9 Å². The molecule has 0 fully saturated rings. The van der Waals surface area contributed by atoms with Gasteiger partial charge in [-0.1, -0.05) is 0 Å². The SMILES string of the molecule is COc1ccc(C(C)=O)cc1CC(=O)NCCSCC(=O)O. The molecule has 0 aliphatic rings. The summed E-state index contributed by atoms with van der Waals surface area (Å²) < 4.78 is 5.19. The smallest absolute Gasteiger partial charge is 0.313 e. The summed E-state index contributed by atoms with van der Waals surface area (Å²) in [5, 5.41) is 11.2. The Balaban J connectivity index is 2.54. The number of benzene rings is 1. The number of amides is 1. The lowest BCUT2D eigenvalue weighted by atomic mass is 10.0. The quantitative estimate of drug-likeness (QED) is 0.526. The number of ether oxygens (including phenoxy) is 1. The summed E-state index contributed by atoms with van der Waals surface area (Å²) in [6, 6.07) is 4.98. The molecule has 0 heterocycles. The third-order valence-electron chi connectivity index (χ3n) is 2.83. The molecule has 0 aliphatic carbocycles. The van der Waals surface area contributed by atoms with Crippen LogP contribution in [0.25, 0.3) is 0 Å². The van der Waals surface area contributed by atoms with Gasteiger partial charge in [0.25, 0.3) is 0 Å². The lowest BCUT2D eigenvalue weighted by Crippen LogP contribution is -2.27. The van der Waals surface area contributed by atoms with Crippen molar-refractivity contribution in [2.45, 2.75) is 13.3 Å². The number of aliphatic carboxylic acids is 1. The summed E-state index contributed by atoms with van der Waals surface area (Å²) in [7, 11) is 1.51. The number of carbonyl (C=O) groups is 3. The lowest BCUT2D eigenvalue weighted by molar-refractivity contribution is -0.133. The summed E-state index contributed by atoms with van der Waals surface area (Å²) >= 11 is 1.24. The van der Waals surface area contributed by atoms with E-state index in [1.165, 1.54) is 25.8 Å². The Labute approximate surface area is 133 Å². The fraction of sp³-hybridized carbons (Fsp3) is 0.400. The van der Waals surface area contributed by atoms with Gasteiger partial charge in [-0.2, -0.15) is 0 Å². The highest BCUT2D eigenvalue weighted by atomic mass is 32.2. The van der Waals surface area contributed by atoms with Crippen molar-refractivity contribution in [1.82, 2.24) is 5.32 Å². The van der Waals surface area contributed by atoms with Crippen molar-refractivity contribution in [3.8, 4) is 5.75 Å². The van der Waals surface area contributed by atoms with Gasteiger partial charge in [-0.3, -0.25) is 14.4 Å². The number of thioether (sulfide) groups is 1. The molecule has 120 valence electrons. The maximum Gasteiger partial charge on any atom is 0.313 e. The molecule has 1 amide bonds. The zero-order valence-corrected chi connectivity index (χ0v) is 13.4. The summed E-state index contributed by atoms with van der Waals surface area (Å²) in [5.74, 6) is -0.0423. The number of carbonyl (C=O) groups excluding carboxylic acids is 2. The van der Waals surface area contributed by atoms with Crippen molar-refractivity contribution in [3.63, 3.8) is 0 Å². The number of carboxylic acids is 1. The molecule has 6 nitrogen and oxygen atoms in total. The molecule has 2 N–H and O–H groups in total. The van der Waals surface area contributed by atoms with E-state index < -0.39 is 5.97 Å². The molecule has 1 aromatic carbocycles. The van der Waals surface area contributed by atoms with Gasteiger partial charge in [-0.25, -0.2) is 0 Å². The average Bonchev–Trinajstić information content (AvgIpc) is 2.46. The third kappa shape index (κ3) is 6.17. The predicted molar refractivity (Wildman–Crippen MR) is 84.7 cm³/mol. The minimum atomic E-state index is -0.873. The number of Topliss-reactive ketones (excluding diaryl/α,β-unsaturated/α-hetero) is 1. The van der Waals surface area contributed by atoms with E-state index in [1.807, 2.05) is 0 Å². The second kappa shape index (κ2) is 9.09. The Kier molecular flexibility index (Phi) is 7.45. The van der Waals surface area contributed by atoms with Crippen LogP contribution in [0, 0.1) is 0 Å². The number of ketones is 1. The first-order valence-corrected chi connectivity index (χ1v) is 7.83. The van der Waals surface area contributed by atoms with Crippen molar-refractivity contribution in [2.24, 2.45) is 0 Å². The standard InChI is InChI=1S/C15H19NO5S/c1-10(17)11-3-4-13(21-2)12(7-11)8-14(18)16-5-6-22-9-15(19)20/h3-4,7H,5-6,8-9H2,1-2H3,(H,16,18)(H,19,20). The van der Waals surface area contributed by atoms with Gasteiger partial charge in [0.05, 0.1) is 19.3 Å². The van der Waals surface area contributed by atoms with Crippen LogP contribution in [0.4, 0.5) is 0 Å². The summed E-state index contributed by atoms with van der Waals surface area (Å²) in [5.41, 5.74) is 1.17. The first-order chi connectivity index (χ1) is 10.4. The highest BCUT2D eigenvalue weighted by Gasteiger charge is 2.11. The van der Waals surface area contributed by atoms with Crippen LogP contribution < -0.4 is 10.1 Å². The van der Waals surface area contributed by atoms with Crippen molar-refractivity contribution in [2.75, 3.05) is 25.2 Å². The van der Waals surface area contributed by atoms with E-state index in [0.29, 0.717) is 29.2 Å². The minimum Gasteiger partial charge on any atom is -0.496 e. The molecule has 1 aromatic rings. The Morgan fingerprint density at radius 3 is 2.64 bits per heavy atom. The Bertz CT molecular complexity index is 559. The van der Waals surface area contributed by atoms with Gasteiger partial charge in [-0.15, -0.1) is 11.8 Å². The number of carboxylic acid groups (broad SMARTS) is 1. The van der Waals surface area contributed by atoms with Gasteiger partial charge in [0, 0.05) is 23.4 Å². The van der Waals surface area contributed by atoms with E-state index in [2.05, 4.69) is 5.32 Å². The van der Waals surface area contributed by atoms with Crippen LogP contribution in [-0.4, -0.2) is 47.9 Å². The fourth-order valence-corrected chi connectivity index (χ4v) is 2.36. The molecule has 0 saturated heterocycles. The first kappa shape index (κ1) is 18.0. The summed E-state index contributed by atoms with van der Waals surface area (Å²) in [4.78, 5) is 33.6. The zero-order valence-electron chi connectivity index (χ0n) is 12.5. The third-order valence-corrected chi connectivity index (χ3v) is 3.78. The minimum absolute atomic E-state index is 0.0182. The van der Waals surface area contributed by atoms with Crippen molar-refractivity contribution >= 4 is 29.4 Å². The van der Waals surface area contributed by atoms with Crippen molar-refractivity contribution < 1.29 is 24.2 Å². The first-order valence-electron chi connectivity index (χ1n) is 6.68. The topological polar surface area (TPSA) is 92.7 Å². The molecule has 0 aliphatic heterocycles. The van der Waals surface area contributed by atoms with Crippen molar-refractivity contribution in [1.29, 1.82) is 0 Å². The van der Waals surface area contributed by atoms with Crippen LogP contribution in [0.1, 0.15) is 22.8 Å². The van der Waals surface area contributed by atoms with E-state index in [1.54, 1.807) is 18.2 Å². The molecule has 7 heteroatoms. The Hall–Kier alpha value is -2.02. The highest BCUT2D eigenvalue weighted by molar-refractivity contribution is 7.99. The fourth-order valence-electron chi connectivity index (χ4n) is 1.79. The highest BCUT2D eigenvalue weighted by Crippen LogP contribution is 2.20. The number of hydrogen-bond donors (Lipinski definition) is 2. The maximum absolute atomic E-state index is 11.9. The predicted octanol–water partition coefficient (Wildman–Crippen LogP) is 1.37. The summed E-state index contributed by atoms with van der Waals surface area (Å²) in [6.07, 6.45) is 0.105. The summed E-state index contributed by atoms with van der Waals surface area (Å²) in [6.45, 7) is 1.86. The zero-order chi connectivity index (χ0) is 16.5. The number of hydrogen-bond acceptors (Lipinski definition) is 5. The molecule has 0 aromatic heterocycles. The molecule has 0 atom stereocenters. The Morgan fingerprint density at radius 1 is 1.32 bits per heavy atom. The van der Waals surface area contributed by atoms with E-state index >= 15 is 0 Å². The number of methoxy groups -OCH3 is 1. The molecule has 0 radical (unpaired) electrons. The number of rotatable bonds is 9. The Morgan fingerprint density at radius 2 is 2.05 bits per heavy atom. The van der Waals surface area contributed by atoms with Gasteiger partial charge in [-0.05, 0) is 25.1 Å². The van der Waals surface area contributed by atoms with E-state index in [0.717, 1.165) is 0 Å². The van der Waals surface area contributed by atoms with Gasteiger partial charge in [0.2, 0.25) is 5.91 Å². The van der Waals surface area contributed by atoms with Crippen LogP contribution in [0.3, 0.4) is 0 Å².